The molecule has 0 aliphatic rings. The van der Waals surface area contributed by atoms with Crippen molar-refractivity contribution in [2.45, 2.75) is 26.8 Å². The van der Waals surface area contributed by atoms with Crippen LogP contribution in [-0.2, 0) is 6.54 Å². The second kappa shape index (κ2) is 6.13. The van der Waals surface area contributed by atoms with Gasteiger partial charge >= 0.3 is 0 Å². The van der Waals surface area contributed by atoms with Crippen LogP contribution in [0, 0.1) is 11.3 Å². The van der Waals surface area contributed by atoms with Crippen molar-refractivity contribution in [3.05, 3.63) is 11.8 Å². The number of aromatic nitrogens is 2. The molecule has 0 saturated heterocycles. The third-order valence-electron chi connectivity index (χ3n) is 2.74. The van der Waals surface area contributed by atoms with E-state index in [4.69, 9.17) is 11.0 Å². The Morgan fingerprint density at radius 3 is 2.69 bits per heavy atom. The second-order valence-electron chi connectivity index (χ2n) is 3.66. The molecule has 0 aliphatic heterocycles. The van der Waals surface area contributed by atoms with Crippen molar-refractivity contribution < 1.29 is 0 Å². The van der Waals surface area contributed by atoms with Crippen molar-refractivity contribution in [3.63, 3.8) is 0 Å². The van der Waals surface area contributed by atoms with E-state index in [1.54, 1.807) is 4.68 Å². The summed E-state index contributed by atoms with van der Waals surface area (Å²) in [5.74, 6) is 0.474. The zero-order valence-electron chi connectivity index (χ0n) is 9.98. The topological polar surface area (TPSA) is 70.9 Å². The monoisotopic (exact) mass is 221 g/mol. The fraction of sp³-hybridized carbons (Fsp3) is 0.636. The standard InChI is InChI=1S/C11H19N5/c1-3-15(4-2)6-5-7-16-11(13)10(8-12)9-14-16/h9H,3-7,13H2,1-2H3. The first-order valence-corrected chi connectivity index (χ1v) is 5.66. The number of hydrogen-bond donors (Lipinski definition) is 1. The molecular formula is C11H19N5. The van der Waals surface area contributed by atoms with Gasteiger partial charge in [0.15, 0.2) is 0 Å². The molecule has 5 heteroatoms. The highest BCUT2D eigenvalue weighted by Crippen LogP contribution is 2.09. The molecule has 1 heterocycles. The Hall–Kier alpha value is -1.54. The highest BCUT2D eigenvalue weighted by atomic mass is 15.3. The van der Waals surface area contributed by atoms with Crippen LogP contribution in [0.3, 0.4) is 0 Å². The highest BCUT2D eigenvalue weighted by molar-refractivity contribution is 5.47. The molecule has 0 fully saturated rings. The average molecular weight is 221 g/mol. The summed E-state index contributed by atoms with van der Waals surface area (Å²) in [7, 11) is 0. The van der Waals surface area contributed by atoms with E-state index in [1.165, 1.54) is 6.20 Å². The fourth-order valence-corrected chi connectivity index (χ4v) is 1.64. The zero-order valence-corrected chi connectivity index (χ0v) is 9.98. The van der Waals surface area contributed by atoms with Crippen LogP contribution < -0.4 is 5.73 Å². The Labute approximate surface area is 96.5 Å². The first-order chi connectivity index (χ1) is 7.72. The van der Waals surface area contributed by atoms with Crippen LogP contribution in [0.15, 0.2) is 6.20 Å². The number of anilines is 1. The molecule has 88 valence electrons. The lowest BCUT2D eigenvalue weighted by atomic mass is 10.3. The predicted octanol–water partition coefficient (Wildman–Crippen LogP) is 1.07. The number of nitrogens with two attached hydrogens (primary N) is 1. The molecule has 0 aromatic carbocycles. The maximum absolute atomic E-state index is 8.73. The number of rotatable bonds is 6. The van der Waals surface area contributed by atoms with Crippen LogP contribution in [0.4, 0.5) is 5.82 Å². The highest BCUT2D eigenvalue weighted by Gasteiger charge is 2.06. The van der Waals surface area contributed by atoms with E-state index in [0.29, 0.717) is 11.4 Å². The zero-order chi connectivity index (χ0) is 12.0. The van der Waals surface area contributed by atoms with E-state index in [9.17, 15) is 0 Å². The van der Waals surface area contributed by atoms with Gasteiger partial charge in [0.2, 0.25) is 0 Å². The summed E-state index contributed by atoms with van der Waals surface area (Å²) < 4.78 is 1.70. The normalized spacial score (nSPS) is 10.6. The van der Waals surface area contributed by atoms with Crippen molar-refractivity contribution in [3.8, 4) is 6.07 Å². The molecule has 1 aromatic rings. The van der Waals surface area contributed by atoms with Gasteiger partial charge in [-0.15, -0.1) is 0 Å². The van der Waals surface area contributed by atoms with E-state index in [1.807, 2.05) is 6.07 Å². The van der Waals surface area contributed by atoms with E-state index in [0.717, 1.165) is 32.6 Å². The Kier molecular flexibility index (Phi) is 4.80. The molecule has 0 unspecified atom stereocenters. The molecule has 0 atom stereocenters. The van der Waals surface area contributed by atoms with Crippen molar-refractivity contribution >= 4 is 5.82 Å². The van der Waals surface area contributed by atoms with E-state index >= 15 is 0 Å². The molecule has 1 rings (SSSR count). The minimum atomic E-state index is 0.461. The third-order valence-corrected chi connectivity index (χ3v) is 2.74. The van der Waals surface area contributed by atoms with Crippen LogP contribution in [0.5, 0.6) is 0 Å². The number of nitrogen functional groups attached to an aromatic ring is 1. The summed E-state index contributed by atoms with van der Waals surface area (Å²) in [6, 6.07) is 2.02. The van der Waals surface area contributed by atoms with Gasteiger partial charge in [-0.25, -0.2) is 4.68 Å². The van der Waals surface area contributed by atoms with Gasteiger partial charge in [-0.3, -0.25) is 0 Å². The van der Waals surface area contributed by atoms with Gasteiger partial charge < -0.3 is 10.6 Å². The summed E-state index contributed by atoms with van der Waals surface area (Å²) in [6.45, 7) is 8.24. The largest absolute Gasteiger partial charge is 0.383 e. The average Bonchev–Trinajstić information content (AvgIpc) is 2.66. The van der Waals surface area contributed by atoms with E-state index in [2.05, 4.69) is 23.8 Å². The Morgan fingerprint density at radius 1 is 1.50 bits per heavy atom. The van der Waals surface area contributed by atoms with Crippen LogP contribution in [0.1, 0.15) is 25.8 Å². The minimum absolute atomic E-state index is 0.461. The summed E-state index contributed by atoms with van der Waals surface area (Å²) in [5, 5.41) is 12.8. The molecule has 0 saturated carbocycles. The molecule has 1 aromatic heterocycles. The van der Waals surface area contributed by atoms with Crippen molar-refractivity contribution in [2.24, 2.45) is 0 Å². The summed E-state index contributed by atoms with van der Waals surface area (Å²) in [6.07, 6.45) is 2.52. The molecule has 0 spiro atoms. The van der Waals surface area contributed by atoms with Gasteiger partial charge in [0.1, 0.15) is 17.5 Å². The van der Waals surface area contributed by atoms with E-state index in [-0.39, 0.29) is 0 Å². The molecule has 0 bridgehead atoms. The second-order valence-corrected chi connectivity index (χ2v) is 3.66. The van der Waals surface area contributed by atoms with E-state index < -0.39 is 0 Å². The predicted molar refractivity (Wildman–Crippen MR) is 63.8 cm³/mol. The minimum Gasteiger partial charge on any atom is -0.383 e. The number of aryl methyl sites for hydroxylation is 1. The lowest BCUT2D eigenvalue weighted by Gasteiger charge is -2.17. The maximum atomic E-state index is 8.73. The Morgan fingerprint density at radius 2 is 2.19 bits per heavy atom. The van der Waals surface area contributed by atoms with Gasteiger partial charge in [0.25, 0.3) is 0 Å². The van der Waals surface area contributed by atoms with Crippen LogP contribution in [-0.4, -0.2) is 34.3 Å². The molecule has 2 N–H and O–H groups in total. The number of nitriles is 1. The third kappa shape index (κ3) is 2.97. The lowest BCUT2D eigenvalue weighted by molar-refractivity contribution is 0.291. The summed E-state index contributed by atoms with van der Waals surface area (Å²) in [5.41, 5.74) is 6.22. The molecular weight excluding hydrogens is 202 g/mol. The van der Waals surface area contributed by atoms with Crippen LogP contribution >= 0.6 is 0 Å². The summed E-state index contributed by atoms with van der Waals surface area (Å²) in [4.78, 5) is 2.35. The summed E-state index contributed by atoms with van der Waals surface area (Å²) >= 11 is 0. The van der Waals surface area contributed by atoms with Gasteiger partial charge in [-0.2, -0.15) is 10.4 Å². The van der Waals surface area contributed by atoms with Gasteiger partial charge in [0, 0.05) is 6.54 Å². The lowest BCUT2D eigenvalue weighted by Crippen LogP contribution is -2.25. The van der Waals surface area contributed by atoms with Gasteiger partial charge in [-0.05, 0) is 26.1 Å². The quantitative estimate of drug-likeness (QED) is 0.780. The maximum Gasteiger partial charge on any atom is 0.139 e. The molecule has 5 nitrogen and oxygen atoms in total. The first-order valence-electron chi connectivity index (χ1n) is 5.66. The first kappa shape index (κ1) is 12.5. The van der Waals surface area contributed by atoms with Crippen molar-refractivity contribution in [2.75, 3.05) is 25.4 Å². The van der Waals surface area contributed by atoms with Crippen molar-refractivity contribution in [1.29, 1.82) is 5.26 Å². The van der Waals surface area contributed by atoms with Gasteiger partial charge in [-0.1, -0.05) is 13.8 Å². The molecule has 0 radical (unpaired) electrons. The van der Waals surface area contributed by atoms with Crippen molar-refractivity contribution in [1.82, 2.24) is 14.7 Å². The Bertz CT molecular complexity index is 359. The Balaban J connectivity index is 2.43. The smallest absolute Gasteiger partial charge is 0.139 e. The fourth-order valence-electron chi connectivity index (χ4n) is 1.64. The van der Waals surface area contributed by atoms with Gasteiger partial charge in [0.05, 0.1) is 6.20 Å². The number of hydrogen-bond acceptors (Lipinski definition) is 4. The molecule has 0 amide bonds. The molecule has 0 aliphatic carbocycles. The molecule has 16 heavy (non-hydrogen) atoms. The van der Waals surface area contributed by atoms with Crippen LogP contribution in [0.25, 0.3) is 0 Å². The number of nitrogens with zero attached hydrogens (tertiary/aromatic N) is 4. The van der Waals surface area contributed by atoms with Crippen LogP contribution in [0.2, 0.25) is 0 Å². The SMILES string of the molecule is CCN(CC)CCCn1ncc(C#N)c1N.